The van der Waals surface area contributed by atoms with Gasteiger partial charge in [0.15, 0.2) is 0 Å². The minimum absolute atomic E-state index is 0.0236. The van der Waals surface area contributed by atoms with Crippen LogP contribution in [0.3, 0.4) is 0 Å². The highest BCUT2D eigenvalue weighted by Crippen LogP contribution is 2.25. The lowest BCUT2D eigenvalue weighted by atomic mass is 10.1. The smallest absolute Gasteiger partial charge is 0.0835 e. The maximum absolute atomic E-state index is 6.11. The van der Waals surface area contributed by atoms with Crippen molar-refractivity contribution in [1.29, 1.82) is 0 Å². The van der Waals surface area contributed by atoms with Gasteiger partial charge in [0.2, 0.25) is 0 Å². The van der Waals surface area contributed by atoms with Crippen LogP contribution in [0.2, 0.25) is 5.02 Å². The van der Waals surface area contributed by atoms with E-state index in [2.05, 4.69) is 5.10 Å². The Hall–Kier alpha value is -0.580. The topological polar surface area (TPSA) is 53.1 Å². The molecule has 0 amide bonds. The quantitative estimate of drug-likeness (QED) is 0.843. The van der Waals surface area contributed by atoms with Gasteiger partial charge in [-0.3, -0.25) is 4.68 Å². The molecule has 0 aliphatic rings. The third-order valence-electron chi connectivity index (χ3n) is 2.55. The summed E-state index contributed by atoms with van der Waals surface area (Å²) in [5.74, 6) is 0. The summed E-state index contributed by atoms with van der Waals surface area (Å²) in [6.07, 6.45) is 2.45. The minimum Gasteiger partial charge on any atom is -0.379 e. The van der Waals surface area contributed by atoms with Gasteiger partial charge in [0, 0.05) is 13.7 Å². The Morgan fingerprint density at radius 2 is 2.27 bits per heavy atom. The van der Waals surface area contributed by atoms with Crippen LogP contribution < -0.4 is 5.73 Å². The molecule has 0 fully saturated rings. The van der Waals surface area contributed by atoms with Crippen LogP contribution in [0.4, 0.5) is 0 Å². The number of hydrogen-bond acceptors (Lipinski definition) is 3. The van der Waals surface area contributed by atoms with Crippen LogP contribution in [0.25, 0.3) is 0 Å². The second-order valence-corrected chi connectivity index (χ2v) is 3.81. The highest BCUT2D eigenvalue weighted by Gasteiger charge is 2.23. The molecule has 5 heteroatoms. The van der Waals surface area contributed by atoms with Crippen molar-refractivity contribution in [3.8, 4) is 0 Å². The second-order valence-electron chi connectivity index (χ2n) is 3.40. The molecule has 0 spiro atoms. The molecule has 1 heterocycles. The summed E-state index contributed by atoms with van der Waals surface area (Å²) in [4.78, 5) is 0. The molecule has 1 aromatic rings. The van der Waals surface area contributed by atoms with Gasteiger partial charge in [-0.05, 0) is 13.3 Å². The van der Waals surface area contributed by atoms with Gasteiger partial charge in [-0.1, -0.05) is 18.5 Å². The Morgan fingerprint density at radius 3 is 2.73 bits per heavy atom. The standard InChI is InChI=1S/C10H18ClN3O/c1-4-8(15-3)9(12)10-7(11)6-13-14(10)5-2/h6,8-9H,4-5,12H2,1-3H3. The summed E-state index contributed by atoms with van der Waals surface area (Å²) >= 11 is 6.06. The largest absolute Gasteiger partial charge is 0.379 e. The average Bonchev–Trinajstić information content (AvgIpc) is 2.61. The van der Waals surface area contributed by atoms with Crippen LogP contribution in [0.1, 0.15) is 32.0 Å². The predicted octanol–water partition coefficient (Wildman–Crippen LogP) is 1.98. The molecule has 2 N–H and O–H groups in total. The molecule has 2 unspecified atom stereocenters. The van der Waals surface area contributed by atoms with E-state index in [1.165, 1.54) is 0 Å². The lowest BCUT2D eigenvalue weighted by molar-refractivity contribution is 0.0747. The molecular weight excluding hydrogens is 214 g/mol. The van der Waals surface area contributed by atoms with Gasteiger partial charge in [-0.15, -0.1) is 0 Å². The van der Waals surface area contributed by atoms with Crippen molar-refractivity contribution >= 4 is 11.6 Å². The molecule has 0 bridgehead atoms. The molecule has 0 saturated carbocycles. The van der Waals surface area contributed by atoms with Crippen molar-refractivity contribution < 1.29 is 4.74 Å². The highest BCUT2D eigenvalue weighted by molar-refractivity contribution is 6.31. The van der Waals surface area contributed by atoms with Crippen LogP contribution in [0.5, 0.6) is 0 Å². The average molecular weight is 232 g/mol. The fourth-order valence-electron chi connectivity index (χ4n) is 1.70. The summed E-state index contributed by atoms with van der Waals surface area (Å²) in [6.45, 7) is 4.80. The molecule has 0 saturated heterocycles. The van der Waals surface area contributed by atoms with E-state index in [1.54, 1.807) is 13.3 Å². The van der Waals surface area contributed by atoms with Gasteiger partial charge in [0.25, 0.3) is 0 Å². The fourth-order valence-corrected chi connectivity index (χ4v) is 1.97. The third-order valence-corrected chi connectivity index (χ3v) is 2.85. The van der Waals surface area contributed by atoms with Gasteiger partial charge >= 0.3 is 0 Å². The van der Waals surface area contributed by atoms with Gasteiger partial charge in [0.05, 0.1) is 29.1 Å². The SMILES string of the molecule is CCC(OC)C(N)c1c(Cl)cnn1CC. The zero-order chi connectivity index (χ0) is 11.4. The number of methoxy groups -OCH3 is 1. The molecule has 1 aromatic heterocycles. The van der Waals surface area contributed by atoms with Crippen LogP contribution in [-0.2, 0) is 11.3 Å². The van der Waals surface area contributed by atoms with Crippen LogP contribution in [0, 0.1) is 0 Å². The Balaban J connectivity index is 2.97. The van der Waals surface area contributed by atoms with E-state index in [9.17, 15) is 0 Å². The summed E-state index contributed by atoms with van der Waals surface area (Å²) in [6, 6.07) is -0.227. The van der Waals surface area contributed by atoms with Crippen molar-refractivity contribution in [2.24, 2.45) is 5.73 Å². The number of halogens is 1. The van der Waals surface area contributed by atoms with Gasteiger partial charge in [0.1, 0.15) is 0 Å². The predicted molar refractivity (Wildman–Crippen MR) is 60.9 cm³/mol. The summed E-state index contributed by atoms with van der Waals surface area (Å²) in [5, 5.41) is 4.77. The highest BCUT2D eigenvalue weighted by atomic mass is 35.5. The molecule has 0 aromatic carbocycles. The van der Waals surface area contributed by atoms with Crippen molar-refractivity contribution in [2.45, 2.75) is 39.0 Å². The van der Waals surface area contributed by atoms with Crippen molar-refractivity contribution in [2.75, 3.05) is 7.11 Å². The van der Waals surface area contributed by atoms with Crippen LogP contribution in [0.15, 0.2) is 6.20 Å². The van der Waals surface area contributed by atoms with E-state index < -0.39 is 0 Å². The molecule has 0 aliphatic carbocycles. The zero-order valence-corrected chi connectivity index (χ0v) is 10.2. The van der Waals surface area contributed by atoms with Crippen molar-refractivity contribution in [3.05, 3.63) is 16.9 Å². The lowest BCUT2D eigenvalue weighted by Gasteiger charge is -2.22. The van der Waals surface area contributed by atoms with E-state index >= 15 is 0 Å². The maximum Gasteiger partial charge on any atom is 0.0835 e. The molecule has 1 rings (SSSR count). The molecule has 0 radical (unpaired) electrons. The molecule has 86 valence electrons. The lowest BCUT2D eigenvalue weighted by Crippen LogP contribution is -2.30. The van der Waals surface area contributed by atoms with Crippen LogP contribution in [-0.4, -0.2) is 23.0 Å². The van der Waals surface area contributed by atoms with Gasteiger partial charge in [-0.25, -0.2) is 0 Å². The molecule has 2 atom stereocenters. The Labute approximate surface area is 95.3 Å². The number of hydrogen-bond donors (Lipinski definition) is 1. The van der Waals surface area contributed by atoms with E-state index in [-0.39, 0.29) is 12.1 Å². The van der Waals surface area contributed by atoms with Crippen LogP contribution >= 0.6 is 11.6 Å². The zero-order valence-electron chi connectivity index (χ0n) is 9.40. The minimum atomic E-state index is -0.227. The van der Waals surface area contributed by atoms with Gasteiger partial charge < -0.3 is 10.5 Å². The monoisotopic (exact) mass is 231 g/mol. The van der Waals surface area contributed by atoms with Crippen molar-refractivity contribution in [1.82, 2.24) is 9.78 Å². The summed E-state index contributed by atoms with van der Waals surface area (Å²) in [5.41, 5.74) is 6.97. The first-order valence-electron chi connectivity index (χ1n) is 5.15. The number of rotatable bonds is 5. The molecule has 4 nitrogen and oxygen atoms in total. The second kappa shape index (κ2) is 5.49. The normalized spacial score (nSPS) is 15.3. The third kappa shape index (κ3) is 2.51. The van der Waals surface area contributed by atoms with E-state index in [0.29, 0.717) is 5.02 Å². The molecular formula is C10H18ClN3O. The number of aryl methyl sites for hydroxylation is 1. The maximum atomic E-state index is 6.11. The number of nitrogens with zero attached hydrogens (tertiary/aromatic N) is 2. The van der Waals surface area contributed by atoms with Gasteiger partial charge in [-0.2, -0.15) is 5.10 Å². The Bertz CT molecular complexity index is 310. The van der Waals surface area contributed by atoms with E-state index in [0.717, 1.165) is 18.7 Å². The molecule has 15 heavy (non-hydrogen) atoms. The number of nitrogens with two attached hydrogens (primary N) is 1. The first-order valence-corrected chi connectivity index (χ1v) is 5.53. The first kappa shape index (κ1) is 12.5. The Kier molecular flexibility index (Phi) is 4.57. The van der Waals surface area contributed by atoms with E-state index in [4.69, 9.17) is 22.1 Å². The Morgan fingerprint density at radius 1 is 1.60 bits per heavy atom. The number of ether oxygens (including phenoxy) is 1. The first-order chi connectivity index (χ1) is 7.15. The van der Waals surface area contributed by atoms with Crippen molar-refractivity contribution in [3.63, 3.8) is 0 Å². The summed E-state index contributed by atoms with van der Waals surface area (Å²) in [7, 11) is 1.66. The number of aromatic nitrogens is 2. The van der Waals surface area contributed by atoms with E-state index in [1.807, 2.05) is 18.5 Å². The molecule has 0 aliphatic heterocycles. The summed E-state index contributed by atoms with van der Waals surface area (Å²) < 4.78 is 7.13. The fraction of sp³-hybridized carbons (Fsp3) is 0.700.